The number of ether oxygens (including phenoxy) is 1. The normalized spacial score (nSPS) is 19.1. The highest BCUT2D eigenvalue weighted by molar-refractivity contribution is 7.91. The van der Waals surface area contributed by atoms with Crippen molar-refractivity contribution in [3.8, 4) is 0 Å². The standard InChI is InChI=1S/C9H15N3O3S2/c1-7-8(16-9(10)11-7)17(13,14)12-3-2-5-15-6-4-12/h2-6H2,1H3,(H2,10,11). The van der Waals surface area contributed by atoms with Gasteiger partial charge in [-0.1, -0.05) is 11.3 Å². The van der Waals surface area contributed by atoms with Crippen LogP contribution in [0.1, 0.15) is 12.1 Å². The van der Waals surface area contributed by atoms with Gasteiger partial charge in [-0.05, 0) is 13.3 Å². The summed E-state index contributed by atoms with van der Waals surface area (Å²) in [5, 5.41) is 0.284. The molecule has 1 aliphatic rings. The van der Waals surface area contributed by atoms with Crippen molar-refractivity contribution < 1.29 is 13.2 Å². The van der Waals surface area contributed by atoms with Gasteiger partial charge < -0.3 is 10.5 Å². The molecule has 0 bridgehead atoms. The van der Waals surface area contributed by atoms with E-state index in [1.54, 1.807) is 6.92 Å². The van der Waals surface area contributed by atoms with Crippen molar-refractivity contribution in [3.63, 3.8) is 0 Å². The van der Waals surface area contributed by atoms with Gasteiger partial charge in [0, 0.05) is 19.7 Å². The van der Waals surface area contributed by atoms with Crippen LogP contribution in [0.3, 0.4) is 0 Å². The lowest BCUT2D eigenvalue weighted by molar-refractivity contribution is 0.148. The fraction of sp³-hybridized carbons (Fsp3) is 0.667. The maximum absolute atomic E-state index is 12.4. The Kier molecular flexibility index (Phi) is 3.67. The zero-order valence-corrected chi connectivity index (χ0v) is 11.2. The molecule has 1 fully saturated rings. The average molecular weight is 277 g/mol. The van der Waals surface area contributed by atoms with Crippen LogP contribution >= 0.6 is 11.3 Å². The fourth-order valence-electron chi connectivity index (χ4n) is 1.72. The maximum Gasteiger partial charge on any atom is 0.254 e. The molecule has 1 aromatic heterocycles. The van der Waals surface area contributed by atoms with Gasteiger partial charge in [-0.25, -0.2) is 13.4 Å². The highest BCUT2D eigenvalue weighted by Gasteiger charge is 2.29. The molecule has 0 radical (unpaired) electrons. The van der Waals surface area contributed by atoms with Gasteiger partial charge in [-0.2, -0.15) is 4.31 Å². The summed E-state index contributed by atoms with van der Waals surface area (Å²) in [5.74, 6) is 0. The van der Waals surface area contributed by atoms with E-state index in [9.17, 15) is 8.42 Å². The van der Waals surface area contributed by atoms with Crippen molar-refractivity contribution in [2.45, 2.75) is 17.6 Å². The molecule has 0 unspecified atom stereocenters. The predicted molar refractivity (Wildman–Crippen MR) is 65.5 cm³/mol. The van der Waals surface area contributed by atoms with E-state index in [1.165, 1.54) is 4.31 Å². The molecule has 2 N–H and O–H groups in total. The second kappa shape index (κ2) is 4.89. The number of sulfonamides is 1. The molecular weight excluding hydrogens is 262 g/mol. The highest BCUT2D eigenvalue weighted by Crippen LogP contribution is 2.28. The quantitative estimate of drug-likeness (QED) is 0.848. The van der Waals surface area contributed by atoms with Gasteiger partial charge in [0.2, 0.25) is 0 Å². The second-order valence-electron chi connectivity index (χ2n) is 3.79. The van der Waals surface area contributed by atoms with E-state index in [2.05, 4.69) is 4.98 Å². The van der Waals surface area contributed by atoms with Crippen LogP contribution in [-0.2, 0) is 14.8 Å². The molecule has 0 amide bonds. The van der Waals surface area contributed by atoms with E-state index in [1.807, 2.05) is 0 Å². The number of nitrogen functional groups attached to an aromatic ring is 1. The molecule has 1 aromatic rings. The molecule has 2 rings (SSSR count). The van der Waals surface area contributed by atoms with Gasteiger partial charge in [0.25, 0.3) is 10.0 Å². The molecule has 17 heavy (non-hydrogen) atoms. The van der Waals surface area contributed by atoms with Gasteiger partial charge in [0.05, 0.1) is 12.3 Å². The number of anilines is 1. The number of aryl methyl sites for hydroxylation is 1. The van der Waals surface area contributed by atoms with E-state index in [0.717, 1.165) is 11.3 Å². The van der Waals surface area contributed by atoms with Gasteiger partial charge in [-0.3, -0.25) is 0 Å². The number of rotatable bonds is 2. The van der Waals surface area contributed by atoms with Crippen molar-refractivity contribution in [1.82, 2.24) is 9.29 Å². The summed E-state index contributed by atoms with van der Waals surface area (Å²) in [6.45, 7) is 3.58. The minimum Gasteiger partial charge on any atom is -0.380 e. The maximum atomic E-state index is 12.4. The summed E-state index contributed by atoms with van der Waals surface area (Å²) in [5.41, 5.74) is 6.01. The molecule has 0 spiro atoms. The number of hydrogen-bond acceptors (Lipinski definition) is 6. The Morgan fingerprint density at radius 1 is 1.41 bits per heavy atom. The van der Waals surface area contributed by atoms with Crippen LogP contribution in [0, 0.1) is 6.92 Å². The van der Waals surface area contributed by atoms with Crippen molar-refractivity contribution in [1.29, 1.82) is 0 Å². The van der Waals surface area contributed by atoms with Crippen LogP contribution in [0.5, 0.6) is 0 Å². The Morgan fingerprint density at radius 2 is 2.18 bits per heavy atom. The first-order valence-corrected chi connectivity index (χ1v) is 7.58. The Labute approximate surface area is 104 Å². The van der Waals surface area contributed by atoms with E-state index < -0.39 is 10.0 Å². The largest absolute Gasteiger partial charge is 0.380 e. The Bertz CT molecular complexity index is 490. The first-order chi connectivity index (χ1) is 8.01. The van der Waals surface area contributed by atoms with E-state index in [4.69, 9.17) is 10.5 Å². The predicted octanol–water partition coefficient (Wildman–Crippen LogP) is 0.445. The lowest BCUT2D eigenvalue weighted by Crippen LogP contribution is -2.33. The fourth-order valence-corrected chi connectivity index (χ4v) is 4.62. The van der Waals surface area contributed by atoms with Gasteiger partial charge in [0.15, 0.2) is 9.34 Å². The third kappa shape index (κ3) is 2.59. The zero-order valence-electron chi connectivity index (χ0n) is 9.55. The SMILES string of the molecule is Cc1nc(N)sc1S(=O)(=O)N1CCCOCC1. The third-order valence-corrected chi connectivity index (χ3v) is 6.00. The molecule has 96 valence electrons. The summed E-state index contributed by atoms with van der Waals surface area (Å²) in [7, 11) is -3.47. The van der Waals surface area contributed by atoms with Crippen LogP contribution in [0.2, 0.25) is 0 Å². The van der Waals surface area contributed by atoms with Crippen LogP contribution in [0.4, 0.5) is 5.13 Å². The summed E-state index contributed by atoms with van der Waals surface area (Å²) < 4.78 is 31.7. The van der Waals surface area contributed by atoms with Crippen molar-refractivity contribution in [2.75, 3.05) is 32.0 Å². The first kappa shape index (κ1) is 12.7. The second-order valence-corrected chi connectivity index (χ2v) is 6.96. The van der Waals surface area contributed by atoms with E-state index >= 15 is 0 Å². The number of nitrogens with zero attached hydrogens (tertiary/aromatic N) is 2. The third-order valence-electron chi connectivity index (χ3n) is 2.53. The lowest BCUT2D eigenvalue weighted by Gasteiger charge is -2.18. The number of aromatic nitrogens is 1. The van der Waals surface area contributed by atoms with Crippen LogP contribution in [0.25, 0.3) is 0 Å². The molecular formula is C9H15N3O3S2. The lowest BCUT2D eigenvalue weighted by atomic mass is 10.5. The molecule has 8 heteroatoms. The van der Waals surface area contributed by atoms with Gasteiger partial charge >= 0.3 is 0 Å². The molecule has 1 saturated heterocycles. The van der Waals surface area contributed by atoms with Crippen molar-refractivity contribution >= 4 is 26.5 Å². The molecule has 2 heterocycles. The molecule has 0 atom stereocenters. The number of thiazole rings is 1. The van der Waals surface area contributed by atoms with Crippen molar-refractivity contribution in [2.24, 2.45) is 0 Å². The first-order valence-electron chi connectivity index (χ1n) is 5.32. The van der Waals surface area contributed by atoms with Gasteiger partial charge in [-0.15, -0.1) is 0 Å². The Morgan fingerprint density at radius 3 is 2.82 bits per heavy atom. The molecule has 1 aliphatic heterocycles. The summed E-state index contributed by atoms with van der Waals surface area (Å²) >= 11 is 1.02. The van der Waals surface area contributed by atoms with Crippen LogP contribution < -0.4 is 5.73 Å². The molecule has 6 nitrogen and oxygen atoms in total. The summed E-state index contributed by atoms with van der Waals surface area (Å²) in [6.07, 6.45) is 0.715. The topological polar surface area (TPSA) is 85.5 Å². The number of nitrogens with two attached hydrogens (primary N) is 1. The van der Waals surface area contributed by atoms with Crippen LogP contribution in [0.15, 0.2) is 4.21 Å². The van der Waals surface area contributed by atoms with Crippen LogP contribution in [-0.4, -0.2) is 44.0 Å². The van der Waals surface area contributed by atoms with E-state index in [-0.39, 0.29) is 9.34 Å². The monoisotopic (exact) mass is 277 g/mol. The van der Waals surface area contributed by atoms with Crippen molar-refractivity contribution in [3.05, 3.63) is 5.69 Å². The van der Waals surface area contributed by atoms with E-state index in [0.29, 0.717) is 38.4 Å². The minimum atomic E-state index is -3.47. The Hall–Kier alpha value is -0.700. The smallest absolute Gasteiger partial charge is 0.254 e. The molecule has 0 aromatic carbocycles. The minimum absolute atomic E-state index is 0.247. The summed E-state index contributed by atoms with van der Waals surface area (Å²) in [6, 6.07) is 0. The Balaban J connectivity index is 2.31. The van der Waals surface area contributed by atoms with Gasteiger partial charge in [0.1, 0.15) is 0 Å². The average Bonchev–Trinajstić information content (AvgIpc) is 2.52. The molecule has 0 aliphatic carbocycles. The summed E-state index contributed by atoms with van der Waals surface area (Å²) in [4.78, 5) is 3.95. The molecule has 0 saturated carbocycles. The zero-order chi connectivity index (χ0) is 12.5. The highest BCUT2D eigenvalue weighted by atomic mass is 32.2. The number of hydrogen-bond donors (Lipinski definition) is 1.